The third-order valence-corrected chi connectivity index (χ3v) is 2.97. The largest absolute Gasteiger partial charge is 0.299 e. The Hall–Kier alpha value is -0.520. The highest BCUT2D eigenvalue weighted by Crippen LogP contribution is 2.18. The van der Waals surface area contributed by atoms with Crippen LogP contribution in [0, 0.1) is 12.3 Å². The number of piperazine rings is 1. The molecule has 1 aliphatic heterocycles. The molecule has 13 heavy (non-hydrogen) atoms. The molecule has 0 amide bonds. The van der Waals surface area contributed by atoms with Crippen molar-refractivity contribution in [2.24, 2.45) is 0 Å². The van der Waals surface area contributed by atoms with Gasteiger partial charge in [0.1, 0.15) is 0 Å². The van der Waals surface area contributed by atoms with Crippen LogP contribution in [0.15, 0.2) is 0 Å². The van der Waals surface area contributed by atoms with Gasteiger partial charge in [-0.2, -0.15) is 0 Å². The number of rotatable bonds is 2. The first-order valence-corrected chi connectivity index (χ1v) is 4.93. The first kappa shape index (κ1) is 10.6. The van der Waals surface area contributed by atoms with E-state index < -0.39 is 0 Å². The molecule has 0 aromatic rings. The summed E-state index contributed by atoms with van der Waals surface area (Å²) >= 11 is 0. The van der Waals surface area contributed by atoms with Gasteiger partial charge in [-0.1, -0.05) is 0 Å². The summed E-state index contributed by atoms with van der Waals surface area (Å²) in [5.74, 6) is 2.70. The molecule has 1 saturated heterocycles. The number of hydrogen-bond donors (Lipinski definition) is 0. The first-order valence-electron chi connectivity index (χ1n) is 4.93. The van der Waals surface area contributed by atoms with Crippen LogP contribution in [0.1, 0.15) is 20.3 Å². The van der Waals surface area contributed by atoms with E-state index in [0.29, 0.717) is 5.54 Å². The fourth-order valence-corrected chi connectivity index (χ4v) is 1.75. The van der Waals surface area contributed by atoms with E-state index in [9.17, 15) is 0 Å². The monoisotopic (exact) mass is 180 g/mol. The van der Waals surface area contributed by atoms with E-state index in [1.54, 1.807) is 0 Å². The highest BCUT2D eigenvalue weighted by molar-refractivity contribution is 4.91. The van der Waals surface area contributed by atoms with Crippen molar-refractivity contribution in [2.45, 2.75) is 25.8 Å². The lowest BCUT2D eigenvalue weighted by molar-refractivity contribution is 0.0413. The van der Waals surface area contributed by atoms with Gasteiger partial charge in [0, 0.05) is 38.1 Å². The molecule has 1 aliphatic rings. The zero-order chi connectivity index (χ0) is 9.90. The van der Waals surface area contributed by atoms with Crippen LogP contribution in [0.25, 0.3) is 0 Å². The number of likely N-dealkylation sites (N-methyl/N-ethyl adjacent to an activating group) is 1. The maximum Gasteiger partial charge on any atom is 0.0277 e. The zero-order valence-corrected chi connectivity index (χ0v) is 9.01. The molecule has 0 aliphatic carbocycles. The van der Waals surface area contributed by atoms with E-state index in [1.807, 2.05) is 0 Å². The lowest BCUT2D eigenvalue weighted by Gasteiger charge is -2.45. The fraction of sp³-hybridized carbons (Fsp3) is 0.818. The number of terminal acetylenes is 1. The Balaban J connectivity index is 2.42. The van der Waals surface area contributed by atoms with Crippen molar-refractivity contribution in [3.63, 3.8) is 0 Å². The predicted octanol–water partition coefficient (Wildman–Crippen LogP) is 1.04. The van der Waals surface area contributed by atoms with Gasteiger partial charge in [0.25, 0.3) is 0 Å². The molecule has 0 bridgehead atoms. The Morgan fingerprint density at radius 2 is 2.08 bits per heavy atom. The van der Waals surface area contributed by atoms with E-state index in [2.05, 4.69) is 36.6 Å². The maximum absolute atomic E-state index is 5.25. The summed E-state index contributed by atoms with van der Waals surface area (Å²) in [4.78, 5) is 4.87. The molecule has 0 saturated carbocycles. The van der Waals surface area contributed by atoms with Gasteiger partial charge in [0.2, 0.25) is 0 Å². The van der Waals surface area contributed by atoms with Crippen LogP contribution in [0.2, 0.25) is 0 Å². The minimum absolute atomic E-state index is 0.298. The third kappa shape index (κ3) is 2.72. The average Bonchev–Trinajstić information content (AvgIpc) is 2.07. The van der Waals surface area contributed by atoms with Crippen molar-refractivity contribution in [3.05, 3.63) is 0 Å². The van der Waals surface area contributed by atoms with Crippen molar-refractivity contribution in [1.29, 1.82) is 0 Å². The van der Waals surface area contributed by atoms with Crippen LogP contribution in [0.3, 0.4) is 0 Å². The van der Waals surface area contributed by atoms with Gasteiger partial charge in [-0.3, -0.25) is 9.80 Å². The van der Waals surface area contributed by atoms with Gasteiger partial charge >= 0.3 is 0 Å². The normalized spacial score (nSPS) is 24.2. The highest BCUT2D eigenvalue weighted by atomic mass is 15.3. The van der Waals surface area contributed by atoms with E-state index in [-0.39, 0.29) is 0 Å². The quantitative estimate of drug-likeness (QED) is 0.586. The highest BCUT2D eigenvalue weighted by Gasteiger charge is 2.30. The standard InChI is InChI=1S/C11H20N2/c1-5-6-7-13-9-8-12(4)11(2,3)10-13/h1H,6-10H2,2-4H3. The molecule has 2 heteroatoms. The van der Waals surface area contributed by atoms with Gasteiger partial charge in [-0.25, -0.2) is 0 Å². The molecule has 0 atom stereocenters. The van der Waals surface area contributed by atoms with Crippen molar-refractivity contribution in [1.82, 2.24) is 9.80 Å². The van der Waals surface area contributed by atoms with Gasteiger partial charge in [-0.15, -0.1) is 12.3 Å². The smallest absolute Gasteiger partial charge is 0.0277 e. The van der Waals surface area contributed by atoms with Crippen molar-refractivity contribution in [2.75, 3.05) is 33.2 Å². The Morgan fingerprint density at radius 3 is 2.62 bits per heavy atom. The topological polar surface area (TPSA) is 6.48 Å². The molecule has 0 N–H and O–H groups in total. The molecule has 1 heterocycles. The van der Waals surface area contributed by atoms with Crippen LogP contribution in [-0.2, 0) is 0 Å². The van der Waals surface area contributed by atoms with Gasteiger partial charge in [-0.05, 0) is 20.9 Å². The SMILES string of the molecule is C#CCCN1CCN(C)C(C)(C)C1. The van der Waals surface area contributed by atoms with Gasteiger partial charge < -0.3 is 0 Å². The minimum atomic E-state index is 0.298. The molecule has 2 nitrogen and oxygen atoms in total. The predicted molar refractivity (Wildman–Crippen MR) is 56.6 cm³/mol. The summed E-state index contributed by atoms with van der Waals surface area (Å²) in [7, 11) is 2.19. The zero-order valence-electron chi connectivity index (χ0n) is 9.01. The lowest BCUT2D eigenvalue weighted by Crippen LogP contribution is -2.57. The first-order chi connectivity index (χ1) is 6.06. The van der Waals surface area contributed by atoms with Crippen LogP contribution in [0.5, 0.6) is 0 Å². The Kier molecular flexibility index (Phi) is 3.35. The Bertz CT molecular complexity index is 203. The number of nitrogens with zero attached hydrogens (tertiary/aromatic N) is 2. The average molecular weight is 180 g/mol. The molecule has 0 aromatic carbocycles. The van der Waals surface area contributed by atoms with Crippen LogP contribution < -0.4 is 0 Å². The molecule has 1 rings (SSSR count). The summed E-state index contributed by atoms with van der Waals surface area (Å²) in [5, 5.41) is 0. The second-order valence-electron chi connectivity index (χ2n) is 4.46. The number of hydrogen-bond acceptors (Lipinski definition) is 2. The lowest BCUT2D eigenvalue weighted by atomic mass is 10.00. The van der Waals surface area contributed by atoms with E-state index in [1.165, 1.54) is 0 Å². The second kappa shape index (κ2) is 4.13. The maximum atomic E-state index is 5.25. The molecule has 74 valence electrons. The van der Waals surface area contributed by atoms with Crippen molar-refractivity contribution >= 4 is 0 Å². The third-order valence-electron chi connectivity index (χ3n) is 2.97. The van der Waals surface area contributed by atoms with E-state index >= 15 is 0 Å². The summed E-state index contributed by atoms with van der Waals surface area (Å²) in [6.07, 6.45) is 6.13. The van der Waals surface area contributed by atoms with E-state index in [0.717, 1.165) is 32.6 Å². The van der Waals surface area contributed by atoms with E-state index in [4.69, 9.17) is 6.42 Å². The van der Waals surface area contributed by atoms with Crippen LogP contribution >= 0.6 is 0 Å². The van der Waals surface area contributed by atoms with Crippen molar-refractivity contribution in [3.8, 4) is 12.3 Å². The molecule has 0 radical (unpaired) electrons. The molecular formula is C11H20N2. The summed E-state index contributed by atoms with van der Waals surface area (Å²) < 4.78 is 0. The van der Waals surface area contributed by atoms with Gasteiger partial charge in [0.15, 0.2) is 0 Å². The summed E-state index contributed by atoms with van der Waals surface area (Å²) in [6, 6.07) is 0. The second-order valence-corrected chi connectivity index (χ2v) is 4.46. The minimum Gasteiger partial charge on any atom is -0.299 e. The summed E-state index contributed by atoms with van der Waals surface area (Å²) in [6.45, 7) is 9.06. The summed E-state index contributed by atoms with van der Waals surface area (Å²) in [5.41, 5.74) is 0.298. The van der Waals surface area contributed by atoms with Gasteiger partial charge in [0.05, 0.1) is 0 Å². The fourth-order valence-electron chi connectivity index (χ4n) is 1.75. The Morgan fingerprint density at radius 1 is 1.38 bits per heavy atom. The molecule has 0 aromatic heterocycles. The Labute approximate surface area is 81.9 Å². The molecule has 0 spiro atoms. The van der Waals surface area contributed by atoms with Crippen molar-refractivity contribution < 1.29 is 0 Å². The van der Waals surface area contributed by atoms with Crippen LogP contribution in [0.4, 0.5) is 0 Å². The molecule has 0 unspecified atom stereocenters. The molecular weight excluding hydrogens is 160 g/mol. The van der Waals surface area contributed by atoms with Crippen LogP contribution in [-0.4, -0.2) is 48.6 Å². The molecule has 1 fully saturated rings.